The maximum Gasteiger partial charge on any atom is 0.316 e. The van der Waals surface area contributed by atoms with E-state index in [0.717, 1.165) is 5.56 Å². The monoisotopic (exact) mass is 391 g/mol. The molecule has 9 heteroatoms. The Morgan fingerprint density at radius 2 is 2.17 bits per heavy atom. The number of hydrogen-bond acceptors (Lipinski definition) is 6. The van der Waals surface area contributed by atoms with Crippen LogP contribution in [0.15, 0.2) is 18.2 Å². The molecule has 0 aliphatic carbocycles. The van der Waals surface area contributed by atoms with Crippen LogP contribution in [0, 0.1) is 6.92 Å². The Kier molecular flexibility index (Phi) is 6.54. The molecule has 1 heterocycles. The van der Waals surface area contributed by atoms with Crippen LogP contribution >= 0.6 is 23.4 Å². The van der Waals surface area contributed by atoms with Gasteiger partial charge in [0, 0.05) is 16.0 Å². The van der Waals surface area contributed by atoms with Crippen LogP contribution in [0.5, 0.6) is 0 Å². The third-order valence-electron chi connectivity index (χ3n) is 3.45. The molecule has 0 bridgehead atoms. The minimum Gasteiger partial charge on any atom is -0.455 e. The number of carbonyl (C=O) groups is 2. The second kappa shape index (κ2) is 8.22. The minimum atomic E-state index is -2.96. The fourth-order valence-corrected chi connectivity index (χ4v) is 5.75. The van der Waals surface area contributed by atoms with E-state index < -0.39 is 28.3 Å². The van der Waals surface area contributed by atoms with Crippen molar-refractivity contribution in [3.8, 4) is 0 Å². The second-order valence-corrected chi connectivity index (χ2v) is 9.43. The van der Waals surface area contributed by atoms with E-state index in [1.165, 1.54) is 11.8 Å². The Morgan fingerprint density at radius 1 is 1.42 bits per heavy atom. The first kappa shape index (κ1) is 19.1. The van der Waals surface area contributed by atoms with Gasteiger partial charge < -0.3 is 10.1 Å². The zero-order valence-corrected chi connectivity index (χ0v) is 15.5. The number of ether oxygens (including phenoxy) is 1. The van der Waals surface area contributed by atoms with Crippen LogP contribution in [-0.4, -0.2) is 49.4 Å². The highest BCUT2D eigenvalue weighted by atomic mass is 35.5. The van der Waals surface area contributed by atoms with Crippen molar-refractivity contribution in [2.75, 3.05) is 29.2 Å². The van der Waals surface area contributed by atoms with Crippen molar-refractivity contribution in [1.82, 2.24) is 0 Å². The van der Waals surface area contributed by atoms with Gasteiger partial charge in [0.15, 0.2) is 16.4 Å². The SMILES string of the molecule is Cc1ccc(NC(=O)COC(=O)CS[C@@H]2CCS(=O)(=O)C2)cc1Cl. The van der Waals surface area contributed by atoms with Crippen LogP contribution in [0.1, 0.15) is 12.0 Å². The van der Waals surface area contributed by atoms with Gasteiger partial charge in [-0.2, -0.15) is 0 Å². The average Bonchev–Trinajstić information content (AvgIpc) is 2.86. The summed E-state index contributed by atoms with van der Waals surface area (Å²) in [6.07, 6.45) is 0.551. The number of aryl methyl sites for hydroxylation is 1. The molecule has 0 saturated carbocycles. The van der Waals surface area contributed by atoms with Gasteiger partial charge in [-0.1, -0.05) is 17.7 Å². The largest absolute Gasteiger partial charge is 0.455 e. The molecular formula is C15H18ClNO5S2. The van der Waals surface area contributed by atoms with E-state index in [0.29, 0.717) is 17.1 Å². The second-order valence-electron chi connectivity index (χ2n) is 5.51. The molecule has 2 rings (SSSR count). The molecule has 1 saturated heterocycles. The van der Waals surface area contributed by atoms with Crippen molar-refractivity contribution in [2.24, 2.45) is 0 Å². The summed E-state index contributed by atoms with van der Waals surface area (Å²) in [6.45, 7) is 1.46. The highest BCUT2D eigenvalue weighted by Gasteiger charge is 2.28. The number of halogens is 1. The Labute approximate surface area is 150 Å². The zero-order valence-electron chi connectivity index (χ0n) is 13.1. The predicted octanol–water partition coefficient (Wildman–Crippen LogP) is 2.05. The number of nitrogens with one attached hydrogen (secondary N) is 1. The molecule has 132 valence electrons. The van der Waals surface area contributed by atoms with Gasteiger partial charge in [0.1, 0.15) is 0 Å². The van der Waals surface area contributed by atoms with Gasteiger partial charge in [-0.15, -0.1) is 11.8 Å². The molecule has 0 unspecified atom stereocenters. The summed E-state index contributed by atoms with van der Waals surface area (Å²) >= 11 is 7.22. The van der Waals surface area contributed by atoms with Crippen molar-refractivity contribution in [1.29, 1.82) is 0 Å². The van der Waals surface area contributed by atoms with Gasteiger partial charge in [-0.3, -0.25) is 9.59 Å². The molecule has 0 aromatic heterocycles. The smallest absolute Gasteiger partial charge is 0.316 e. The van der Waals surface area contributed by atoms with Gasteiger partial charge in [0.2, 0.25) is 0 Å². The van der Waals surface area contributed by atoms with E-state index in [1.807, 2.05) is 6.92 Å². The number of benzene rings is 1. The van der Waals surface area contributed by atoms with Crippen molar-refractivity contribution in [2.45, 2.75) is 18.6 Å². The lowest BCUT2D eigenvalue weighted by molar-refractivity contribution is -0.144. The number of carbonyl (C=O) groups excluding carboxylic acids is 2. The van der Waals surface area contributed by atoms with E-state index in [4.69, 9.17) is 16.3 Å². The van der Waals surface area contributed by atoms with Gasteiger partial charge in [-0.25, -0.2) is 8.42 Å². The molecule has 6 nitrogen and oxygen atoms in total. The van der Waals surface area contributed by atoms with Crippen LogP contribution in [0.4, 0.5) is 5.69 Å². The lowest BCUT2D eigenvalue weighted by atomic mass is 10.2. The first-order valence-electron chi connectivity index (χ1n) is 7.29. The molecule has 1 fully saturated rings. The first-order valence-corrected chi connectivity index (χ1v) is 10.5. The Hall–Kier alpha value is -1.25. The third-order valence-corrected chi connectivity index (χ3v) is 7.11. The fourth-order valence-electron chi connectivity index (χ4n) is 2.13. The number of rotatable bonds is 6. The van der Waals surface area contributed by atoms with Gasteiger partial charge >= 0.3 is 5.97 Å². The van der Waals surface area contributed by atoms with E-state index >= 15 is 0 Å². The number of anilines is 1. The Morgan fingerprint density at radius 3 is 2.79 bits per heavy atom. The lowest BCUT2D eigenvalue weighted by Crippen LogP contribution is -2.22. The van der Waals surface area contributed by atoms with Gasteiger partial charge in [0.25, 0.3) is 5.91 Å². The molecule has 1 aliphatic rings. The molecular weight excluding hydrogens is 374 g/mol. The fraction of sp³-hybridized carbons (Fsp3) is 0.467. The summed E-state index contributed by atoms with van der Waals surface area (Å²) in [6, 6.07) is 5.10. The highest BCUT2D eigenvalue weighted by molar-refractivity contribution is 8.02. The molecule has 0 radical (unpaired) electrons. The van der Waals surface area contributed by atoms with Crippen LogP contribution in [0.25, 0.3) is 0 Å². The number of esters is 1. The van der Waals surface area contributed by atoms with Crippen molar-refractivity contribution >= 4 is 50.8 Å². The molecule has 1 aromatic rings. The zero-order chi connectivity index (χ0) is 17.7. The van der Waals surface area contributed by atoms with E-state index in [2.05, 4.69) is 5.32 Å². The minimum absolute atomic E-state index is 0.0316. The maximum atomic E-state index is 11.7. The third kappa shape index (κ3) is 5.99. The van der Waals surface area contributed by atoms with Crippen molar-refractivity contribution < 1.29 is 22.7 Å². The number of amides is 1. The van der Waals surface area contributed by atoms with Gasteiger partial charge in [0.05, 0.1) is 17.3 Å². The molecule has 1 amide bonds. The van der Waals surface area contributed by atoms with Crippen LogP contribution in [0.3, 0.4) is 0 Å². The summed E-state index contributed by atoms with van der Waals surface area (Å²) in [4.78, 5) is 23.4. The first-order chi connectivity index (χ1) is 11.2. The topological polar surface area (TPSA) is 89.5 Å². The Balaban J connectivity index is 1.69. The van der Waals surface area contributed by atoms with Crippen LogP contribution in [-0.2, 0) is 24.2 Å². The van der Waals surface area contributed by atoms with Crippen LogP contribution in [0.2, 0.25) is 5.02 Å². The molecule has 1 N–H and O–H groups in total. The molecule has 0 spiro atoms. The number of hydrogen-bond donors (Lipinski definition) is 1. The van der Waals surface area contributed by atoms with Gasteiger partial charge in [-0.05, 0) is 31.0 Å². The molecule has 1 atom stereocenters. The summed E-state index contributed by atoms with van der Waals surface area (Å²) < 4.78 is 27.5. The van der Waals surface area contributed by atoms with Crippen molar-refractivity contribution in [3.63, 3.8) is 0 Å². The Bertz CT molecular complexity index is 735. The van der Waals surface area contributed by atoms with Crippen LogP contribution < -0.4 is 5.32 Å². The molecule has 1 aliphatic heterocycles. The average molecular weight is 392 g/mol. The van der Waals surface area contributed by atoms with Crippen molar-refractivity contribution in [3.05, 3.63) is 28.8 Å². The number of thioether (sulfide) groups is 1. The maximum absolute atomic E-state index is 11.7. The summed E-state index contributed by atoms with van der Waals surface area (Å²) in [5, 5.41) is 3.04. The number of sulfone groups is 1. The predicted molar refractivity (Wildman–Crippen MR) is 95.3 cm³/mol. The summed E-state index contributed by atoms with van der Waals surface area (Å²) in [5.41, 5.74) is 1.42. The molecule has 24 heavy (non-hydrogen) atoms. The van der Waals surface area contributed by atoms with E-state index in [-0.39, 0.29) is 22.5 Å². The summed E-state index contributed by atoms with van der Waals surface area (Å²) in [7, 11) is -2.96. The van der Waals surface area contributed by atoms with E-state index in [1.54, 1.807) is 18.2 Å². The lowest BCUT2D eigenvalue weighted by Gasteiger charge is -2.09. The normalized spacial score (nSPS) is 19.0. The standard InChI is InChI=1S/C15H18ClNO5S2/c1-10-2-3-11(6-13(10)16)17-14(18)7-22-15(19)8-23-12-4-5-24(20,21)9-12/h2-3,6,12H,4-5,7-9H2,1H3,(H,17,18)/t12-/m1/s1. The quantitative estimate of drug-likeness (QED) is 0.746. The molecule has 1 aromatic carbocycles. The highest BCUT2D eigenvalue weighted by Crippen LogP contribution is 2.24. The summed E-state index contributed by atoms with van der Waals surface area (Å²) in [5.74, 6) is -0.705. The van der Waals surface area contributed by atoms with E-state index in [9.17, 15) is 18.0 Å².